The average molecular weight is 490 g/mol. The van der Waals surface area contributed by atoms with Gasteiger partial charge >= 0.3 is 15.5 Å². The van der Waals surface area contributed by atoms with Crippen molar-refractivity contribution in [2.75, 3.05) is 4.72 Å². The monoisotopic (exact) mass is 488 g/mol. The van der Waals surface area contributed by atoms with Crippen molar-refractivity contribution in [1.29, 1.82) is 0 Å². The number of benzene rings is 2. The van der Waals surface area contributed by atoms with Crippen LogP contribution in [0.3, 0.4) is 0 Å². The highest BCUT2D eigenvalue weighted by Crippen LogP contribution is 2.30. The Labute approximate surface area is 180 Å². The summed E-state index contributed by atoms with van der Waals surface area (Å²) in [5.41, 5.74) is -5.15. The lowest BCUT2D eigenvalue weighted by molar-refractivity contribution is -0.0429. The Morgan fingerprint density at radius 3 is 2.28 bits per heavy atom. The summed E-state index contributed by atoms with van der Waals surface area (Å²) in [5.74, 6) is 0. The maximum atomic E-state index is 12.7. The fourth-order valence-electron chi connectivity index (χ4n) is 2.20. The summed E-state index contributed by atoms with van der Waals surface area (Å²) in [7, 11) is -5.62. The van der Waals surface area contributed by atoms with Gasteiger partial charge in [-0.05, 0) is 44.2 Å². The third kappa shape index (κ3) is 5.91. The van der Waals surface area contributed by atoms with Crippen LogP contribution in [-0.2, 0) is 14.9 Å². The van der Waals surface area contributed by atoms with E-state index in [4.69, 9.17) is 39.6 Å². The molecule has 0 bridgehead atoms. The van der Waals surface area contributed by atoms with Crippen LogP contribution in [-0.4, -0.2) is 19.6 Å². The van der Waals surface area contributed by atoms with Gasteiger partial charge in [0.05, 0.1) is 11.4 Å². The van der Waals surface area contributed by atoms with Gasteiger partial charge in [0.1, 0.15) is 0 Å². The highest BCUT2D eigenvalue weighted by atomic mass is 35.5. The summed E-state index contributed by atoms with van der Waals surface area (Å²) in [6.07, 6.45) is -0.621. The minimum absolute atomic E-state index is 0.0136. The molecule has 2 aromatic rings. The predicted octanol–water partition coefficient (Wildman–Crippen LogP) is 6.41. The Bertz CT molecular complexity index is 1040. The molecule has 1 N–H and O–H groups in total. The number of anilines is 1. The number of hydrogen-bond acceptors (Lipinski definition) is 4. The van der Waals surface area contributed by atoms with Gasteiger partial charge in [0, 0.05) is 26.2 Å². The molecule has 0 saturated heterocycles. The zero-order valence-corrected chi connectivity index (χ0v) is 18.0. The number of alkyl halides is 3. The Balaban J connectivity index is 2.32. The third-order valence-electron chi connectivity index (χ3n) is 3.67. The second-order valence-electron chi connectivity index (χ2n) is 5.83. The molecule has 0 spiro atoms. The smallest absolute Gasteiger partial charge is 0.388 e. The molecule has 0 aliphatic heterocycles. The molecular weight excluding hydrogens is 476 g/mol. The summed E-state index contributed by atoms with van der Waals surface area (Å²) in [6, 6.07) is 8.37. The van der Waals surface area contributed by atoms with E-state index in [9.17, 15) is 21.6 Å². The van der Waals surface area contributed by atoms with Gasteiger partial charge in [-0.1, -0.05) is 46.0 Å². The number of oxime groups is 1. The third-order valence-corrected chi connectivity index (χ3v) is 5.56. The number of rotatable bonds is 6. The predicted molar refractivity (Wildman–Crippen MR) is 108 cm³/mol. The van der Waals surface area contributed by atoms with Gasteiger partial charge < -0.3 is 4.84 Å². The number of nitrogens with zero attached hydrogens (tertiary/aromatic N) is 1. The van der Waals surface area contributed by atoms with Gasteiger partial charge in [0.25, 0.3) is 0 Å². The normalized spacial score (nSPS) is 13.9. The lowest BCUT2D eigenvalue weighted by Crippen LogP contribution is -2.30. The fourth-order valence-corrected chi connectivity index (χ4v) is 3.52. The molecule has 2 aromatic carbocycles. The van der Waals surface area contributed by atoms with Crippen molar-refractivity contribution in [3.63, 3.8) is 0 Å². The number of sulfonamides is 1. The molecule has 0 amide bonds. The summed E-state index contributed by atoms with van der Waals surface area (Å²) in [6.45, 7) is 3.07. The van der Waals surface area contributed by atoms with Crippen LogP contribution in [0.1, 0.15) is 31.1 Å². The summed E-state index contributed by atoms with van der Waals surface area (Å²) >= 11 is 17.8. The van der Waals surface area contributed by atoms with Crippen LogP contribution in [0.15, 0.2) is 41.6 Å². The number of hydrogen-bond donors (Lipinski definition) is 1. The molecule has 5 nitrogen and oxygen atoms in total. The highest BCUT2D eigenvalue weighted by molar-refractivity contribution is 7.93. The van der Waals surface area contributed by atoms with Crippen molar-refractivity contribution in [3.8, 4) is 0 Å². The Morgan fingerprint density at radius 2 is 1.69 bits per heavy atom. The molecule has 0 aliphatic rings. The quantitative estimate of drug-likeness (QED) is 0.376. The van der Waals surface area contributed by atoms with E-state index in [1.54, 1.807) is 19.1 Å². The zero-order chi connectivity index (χ0) is 22.0. The minimum atomic E-state index is -5.62. The Hall–Kier alpha value is -1.68. The fraction of sp³-hybridized carbons (Fsp3) is 0.235. The molecule has 0 saturated carbocycles. The standard InChI is InChI=1S/C17H14Cl3F3N2O3S/c1-9(24-28-10(2)13-5-3-12(19)8-15(13)20)14-7-11(18)4-6-16(14)25-29(26,27)17(21,22)23/h3-8,10,25H,1-2H3. The lowest BCUT2D eigenvalue weighted by atomic mass is 10.1. The molecule has 1 atom stereocenters. The van der Waals surface area contributed by atoms with Crippen molar-refractivity contribution in [2.45, 2.75) is 25.5 Å². The van der Waals surface area contributed by atoms with E-state index in [1.165, 1.54) is 29.8 Å². The lowest BCUT2D eigenvalue weighted by Gasteiger charge is -2.16. The molecule has 0 aliphatic carbocycles. The van der Waals surface area contributed by atoms with E-state index in [2.05, 4.69) is 5.16 Å². The first kappa shape index (κ1) is 23.6. The van der Waals surface area contributed by atoms with E-state index in [0.717, 1.165) is 6.07 Å². The van der Waals surface area contributed by atoms with E-state index in [1.807, 2.05) is 0 Å². The Morgan fingerprint density at radius 1 is 1.10 bits per heavy atom. The molecule has 0 aromatic heterocycles. The zero-order valence-electron chi connectivity index (χ0n) is 14.9. The maximum Gasteiger partial charge on any atom is 0.516 e. The largest absolute Gasteiger partial charge is 0.516 e. The molecule has 12 heteroatoms. The van der Waals surface area contributed by atoms with Gasteiger partial charge in [-0.25, -0.2) is 0 Å². The highest BCUT2D eigenvalue weighted by Gasteiger charge is 2.46. The van der Waals surface area contributed by atoms with Crippen LogP contribution >= 0.6 is 34.8 Å². The first-order chi connectivity index (χ1) is 13.3. The summed E-state index contributed by atoms with van der Waals surface area (Å²) in [5, 5.41) is 4.83. The van der Waals surface area contributed by atoms with Crippen molar-refractivity contribution in [1.82, 2.24) is 0 Å². The molecule has 0 fully saturated rings. The van der Waals surface area contributed by atoms with Crippen molar-refractivity contribution < 1.29 is 26.4 Å². The molecule has 0 radical (unpaired) electrons. The molecule has 158 valence electrons. The van der Waals surface area contributed by atoms with Crippen molar-refractivity contribution in [3.05, 3.63) is 62.6 Å². The molecule has 2 rings (SSSR count). The van der Waals surface area contributed by atoms with Crippen molar-refractivity contribution in [2.24, 2.45) is 5.16 Å². The van der Waals surface area contributed by atoms with Gasteiger partial charge in [0.15, 0.2) is 6.10 Å². The Kier molecular flexibility index (Phi) is 7.32. The van der Waals surface area contributed by atoms with Crippen LogP contribution in [0.2, 0.25) is 15.1 Å². The minimum Gasteiger partial charge on any atom is -0.388 e. The van der Waals surface area contributed by atoms with E-state index < -0.39 is 21.6 Å². The first-order valence-corrected chi connectivity index (χ1v) is 10.5. The van der Waals surface area contributed by atoms with Crippen LogP contribution in [0.5, 0.6) is 0 Å². The van der Waals surface area contributed by atoms with E-state index in [0.29, 0.717) is 15.6 Å². The first-order valence-electron chi connectivity index (χ1n) is 7.86. The van der Waals surface area contributed by atoms with Crippen molar-refractivity contribution >= 4 is 56.2 Å². The van der Waals surface area contributed by atoms with Gasteiger partial charge in [-0.2, -0.15) is 21.6 Å². The second-order valence-corrected chi connectivity index (χ2v) is 8.79. The second kappa shape index (κ2) is 8.99. The molecule has 0 heterocycles. The summed E-state index contributed by atoms with van der Waals surface area (Å²) in [4.78, 5) is 5.38. The van der Waals surface area contributed by atoms with Gasteiger partial charge in [-0.15, -0.1) is 0 Å². The SMILES string of the molecule is CC(=NOC(C)c1ccc(Cl)cc1Cl)c1cc(Cl)ccc1NS(=O)(=O)C(F)(F)F. The van der Waals surface area contributed by atoms with E-state index in [-0.39, 0.29) is 22.0 Å². The average Bonchev–Trinajstić information content (AvgIpc) is 2.59. The molecular formula is C17H14Cl3F3N2O3S. The van der Waals surface area contributed by atoms with Crippen LogP contribution in [0.25, 0.3) is 0 Å². The molecule has 1 unspecified atom stereocenters. The topological polar surface area (TPSA) is 67.8 Å². The van der Waals surface area contributed by atoms with Crippen LogP contribution < -0.4 is 4.72 Å². The number of halogens is 6. The number of nitrogens with one attached hydrogen (secondary N) is 1. The van der Waals surface area contributed by atoms with E-state index >= 15 is 0 Å². The van der Waals surface area contributed by atoms with Crippen LogP contribution in [0.4, 0.5) is 18.9 Å². The molecule has 29 heavy (non-hydrogen) atoms. The van der Waals surface area contributed by atoms with Gasteiger partial charge in [0.2, 0.25) is 0 Å². The van der Waals surface area contributed by atoms with Crippen LogP contribution in [0, 0.1) is 0 Å². The maximum absolute atomic E-state index is 12.7. The summed E-state index contributed by atoms with van der Waals surface area (Å²) < 4.78 is 62.4. The van der Waals surface area contributed by atoms with Gasteiger partial charge in [-0.3, -0.25) is 4.72 Å².